The summed E-state index contributed by atoms with van der Waals surface area (Å²) in [6.07, 6.45) is 0.124. The average Bonchev–Trinajstić information content (AvgIpc) is 3.16. The Hall–Kier alpha value is -2.45. The van der Waals surface area contributed by atoms with Gasteiger partial charge in [0.25, 0.3) is 0 Å². The van der Waals surface area contributed by atoms with Crippen LogP contribution in [0, 0.1) is 5.82 Å². The fourth-order valence-corrected chi connectivity index (χ4v) is 3.81. The van der Waals surface area contributed by atoms with Crippen molar-refractivity contribution in [3.05, 3.63) is 63.3 Å². The van der Waals surface area contributed by atoms with Crippen molar-refractivity contribution in [3.63, 3.8) is 0 Å². The van der Waals surface area contributed by atoms with Crippen molar-refractivity contribution in [1.82, 2.24) is 10.3 Å². The number of rotatable bonds is 7. The number of hydrogen-bond acceptors (Lipinski definition) is 5. The first-order valence-corrected chi connectivity index (χ1v) is 10.0. The van der Waals surface area contributed by atoms with Crippen LogP contribution in [0.1, 0.15) is 11.3 Å². The highest BCUT2D eigenvalue weighted by Crippen LogP contribution is 2.33. The van der Waals surface area contributed by atoms with Crippen molar-refractivity contribution >= 4 is 33.2 Å². The minimum absolute atomic E-state index is 0.122. The molecule has 0 saturated heterocycles. The fourth-order valence-electron chi connectivity index (χ4n) is 2.59. The maximum absolute atomic E-state index is 13.8. The third-order valence-electron chi connectivity index (χ3n) is 4.01. The highest BCUT2D eigenvalue weighted by molar-refractivity contribution is 9.10. The van der Waals surface area contributed by atoms with E-state index in [1.54, 1.807) is 26.4 Å². The van der Waals surface area contributed by atoms with E-state index in [2.05, 4.69) is 26.2 Å². The second kappa shape index (κ2) is 9.16. The number of benzene rings is 2. The van der Waals surface area contributed by atoms with Gasteiger partial charge in [-0.15, -0.1) is 11.3 Å². The molecule has 2 aromatic carbocycles. The third-order valence-corrected chi connectivity index (χ3v) is 5.44. The van der Waals surface area contributed by atoms with Crippen LogP contribution in [-0.2, 0) is 17.8 Å². The molecule has 0 spiro atoms. The van der Waals surface area contributed by atoms with E-state index in [1.807, 2.05) is 23.6 Å². The van der Waals surface area contributed by atoms with E-state index >= 15 is 0 Å². The number of methoxy groups -OCH3 is 2. The summed E-state index contributed by atoms with van der Waals surface area (Å²) in [4.78, 5) is 16.7. The fraction of sp³-hybridized carbons (Fsp3) is 0.200. The molecule has 5 nitrogen and oxygen atoms in total. The first-order valence-electron chi connectivity index (χ1n) is 8.37. The predicted octanol–water partition coefficient (Wildman–Crippen LogP) is 4.59. The average molecular weight is 465 g/mol. The van der Waals surface area contributed by atoms with E-state index in [1.165, 1.54) is 17.4 Å². The van der Waals surface area contributed by atoms with Crippen LogP contribution in [0.3, 0.4) is 0 Å². The normalized spacial score (nSPS) is 10.6. The number of nitrogens with one attached hydrogen (secondary N) is 1. The zero-order valence-electron chi connectivity index (χ0n) is 15.3. The Balaban J connectivity index is 1.64. The van der Waals surface area contributed by atoms with Gasteiger partial charge in [-0.3, -0.25) is 4.79 Å². The second-order valence-electron chi connectivity index (χ2n) is 5.90. The van der Waals surface area contributed by atoms with E-state index in [0.717, 1.165) is 15.0 Å². The lowest BCUT2D eigenvalue weighted by atomic mass is 10.2. The summed E-state index contributed by atoms with van der Waals surface area (Å²) >= 11 is 4.74. The smallest absolute Gasteiger partial charge is 0.226 e. The molecular weight excluding hydrogens is 447 g/mol. The van der Waals surface area contributed by atoms with Crippen molar-refractivity contribution in [2.24, 2.45) is 0 Å². The molecule has 0 fully saturated rings. The molecule has 0 radical (unpaired) electrons. The third kappa shape index (κ3) is 4.88. The number of carbonyl (C=O) groups excluding carboxylic acids is 1. The first-order chi connectivity index (χ1) is 13.5. The number of aromatic nitrogens is 1. The number of nitrogens with zero attached hydrogens (tertiary/aromatic N) is 1. The summed E-state index contributed by atoms with van der Waals surface area (Å²) in [5.41, 5.74) is 1.96. The molecular formula is C20H18BrFN2O3S. The molecule has 0 aliphatic carbocycles. The first kappa shape index (κ1) is 20.3. The zero-order chi connectivity index (χ0) is 20.1. The molecule has 1 aromatic heterocycles. The predicted molar refractivity (Wildman–Crippen MR) is 110 cm³/mol. The summed E-state index contributed by atoms with van der Waals surface area (Å²) in [5.74, 6) is 0.684. The Morgan fingerprint density at radius 3 is 2.71 bits per heavy atom. The molecule has 0 unspecified atom stereocenters. The van der Waals surface area contributed by atoms with E-state index in [9.17, 15) is 9.18 Å². The number of thiazole rings is 1. The standard InChI is InChI=1S/C20H18BrFN2O3S/c1-26-17-6-3-12(8-18(17)27-2)20-24-15(11-28-20)9-19(25)23-10-13-7-14(21)4-5-16(13)22/h3-8,11H,9-10H2,1-2H3,(H,23,25). The number of carbonyl (C=O) groups is 1. The van der Waals surface area contributed by atoms with Gasteiger partial charge in [-0.25, -0.2) is 9.37 Å². The van der Waals surface area contributed by atoms with E-state index in [0.29, 0.717) is 22.8 Å². The van der Waals surface area contributed by atoms with Gasteiger partial charge < -0.3 is 14.8 Å². The molecule has 3 aromatic rings. The van der Waals surface area contributed by atoms with Crippen LogP contribution < -0.4 is 14.8 Å². The maximum atomic E-state index is 13.8. The van der Waals surface area contributed by atoms with Gasteiger partial charge in [-0.2, -0.15) is 0 Å². The molecule has 0 aliphatic heterocycles. The van der Waals surface area contributed by atoms with Crippen LogP contribution in [0.5, 0.6) is 11.5 Å². The van der Waals surface area contributed by atoms with Crippen LogP contribution >= 0.6 is 27.3 Å². The number of ether oxygens (including phenoxy) is 2. The minimum atomic E-state index is -0.354. The van der Waals surface area contributed by atoms with E-state index < -0.39 is 0 Å². The SMILES string of the molecule is COc1ccc(-c2nc(CC(=O)NCc3cc(Br)ccc3F)cs2)cc1OC. The molecule has 1 heterocycles. The van der Waals surface area contributed by atoms with Crippen molar-refractivity contribution in [2.75, 3.05) is 14.2 Å². The topological polar surface area (TPSA) is 60.5 Å². The Labute approximate surface area is 174 Å². The minimum Gasteiger partial charge on any atom is -0.493 e. The van der Waals surface area contributed by atoms with Gasteiger partial charge in [0, 0.05) is 27.5 Å². The molecule has 146 valence electrons. The Morgan fingerprint density at radius 1 is 1.18 bits per heavy atom. The van der Waals surface area contributed by atoms with Crippen LogP contribution in [0.4, 0.5) is 4.39 Å². The summed E-state index contributed by atoms with van der Waals surface area (Å²) in [5, 5.41) is 5.34. The van der Waals surface area contributed by atoms with Gasteiger partial charge in [0.2, 0.25) is 5.91 Å². The van der Waals surface area contributed by atoms with Gasteiger partial charge in [0.15, 0.2) is 11.5 Å². The quantitative estimate of drug-likeness (QED) is 0.555. The molecule has 28 heavy (non-hydrogen) atoms. The van der Waals surface area contributed by atoms with Gasteiger partial charge in [0.1, 0.15) is 10.8 Å². The van der Waals surface area contributed by atoms with Crippen molar-refractivity contribution in [1.29, 1.82) is 0 Å². The summed E-state index contributed by atoms with van der Waals surface area (Å²) in [7, 11) is 3.16. The number of halogens is 2. The molecule has 0 bridgehead atoms. The molecule has 0 saturated carbocycles. The van der Waals surface area contributed by atoms with Gasteiger partial charge in [-0.05, 0) is 36.4 Å². The highest BCUT2D eigenvalue weighted by atomic mass is 79.9. The van der Waals surface area contributed by atoms with Crippen LogP contribution in [0.15, 0.2) is 46.3 Å². The van der Waals surface area contributed by atoms with Crippen LogP contribution in [0.25, 0.3) is 10.6 Å². The Bertz CT molecular complexity index is 993. The molecule has 0 aliphatic rings. The Kier molecular flexibility index (Phi) is 6.64. The largest absolute Gasteiger partial charge is 0.493 e. The molecule has 1 amide bonds. The van der Waals surface area contributed by atoms with Crippen molar-refractivity contribution in [2.45, 2.75) is 13.0 Å². The van der Waals surface area contributed by atoms with E-state index in [4.69, 9.17) is 9.47 Å². The van der Waals surface area contributed by atoms with Crippen molar-refractivity contribution < 1.29 is 18.7 Å². The van der Waals surface area contributed by atoms with Crippen LogP contribution in [-0.4, -0.2) is 25.1 Å². The van der Waals surface area contributed by atoms with Gasteiger partial charge >= 0.3 is 0 Å². The summed E-state index contributed by atoms with van der Waals surface area (Å²) < 4.78 is 25.1. The molecule has 8 heteroatoms. The monoisotopic (exact) mass is 464 g/mol. The van der Waals surface area contributed by atoms with Gasteiger partial charge in [0.05, 0.1) is 26.3 Å². The number of hydrogen-bond donors (Lipinski definition) is 1. The lowest BCUT2D eigenvalue weighted by Gasteiger charge is -2.08. The van der Waals surface area contributed by atoms with E-state index in [-0.39, 0.29) is 24.7 Å². The summed E-state index contributed by atoms with van der Waals surface area (Å²) in [6.45, 7) is 0.122. The molecule has 0 atom stereocenters. The lowest BCUT2D eigenvalue weighted by molar-refractivity contribution is -0.120. The number of amides is 1. The Morgan fingerprint density at radius 2 is 1.96 bits per heavy atom. The molecule has 1 N–H and O–H groups in total. The maximum Gasteiger partial charge on any atom is 0.226 e. The van der Waals surface area contributed by atoms with Crippen molar-refractivity contribution in [3.8, 4) is 22.1 Å². The lowest BCUT2D eigenvalue weighted by Crippen LogP contribution is -2.25. The van der Waals surface area contributed by atoms with Gasteiger partial charge in [-0.1, -0.05) is 15.9 Å². The molecule has 3 rings (SSSR count). The van der Waals surface area contributed by atoms with Crippen LogP contribution in [0.2, 0.25) is 0 Å². The second-order valence-corrected chi connectivity index (χ2v) is 7.68. The summed E-state index contributed by atoms with van der Waals surface area (Å²) in [6, 6.07) is 10.2. The zero-order valence-corrected chi connectivity index (χ0v) is 17.7. The highest BCUT2D eigenvalue weighted by Gasteiger charge is 2.12.